The topological polar surface area (TPSA) is 88.4 Å². The van der Waals surface area contributed by atoms with Crippen molar-refractivity contribution in [3.05, 3.63) is 62.7 Å². The highest BCUT2D eigenvalue weighted by atomic mass is 127. The van der Waals surface area contributed by atoms with Gasteiger partial charge in [0.15, 0.2) is 6.61 Å². The number of nitriles is 1. The van der Waals surface area contributed by atoms with Crippen LogP contribution in [0.5, 0.6) is 5.75 Å². The van der Waals surface area contributed by atoms with Crippen LogP contribution in [0.3, 0.4) is 0 Å². The summed E-state index contributed by atoms with van der Waals surface area (Å²) in [4.78, 5) is 23.5. The maximum Gasteiger partial charge on any atom is 0.343 e. The maximum atomic E-state index is 12.4. The minimum absolute atomic E-state index is 0.0164. The number of benzene rings is 2. The fourth-order valence-electron chi connectivity index (χ4n) is 2.14. The summed E-state index contributed by atoms with van der Waals surface area (Å²) in [6, 6.07) is 14.4. The number of ether oxygens (including phenoxy) is 2. The predicted octanol–water partition coefficient (Wildman–Crippen LogP) is 3.70. The number of esters is 1. The largest absolute Gasteiger partial charge is 0.481 e. The Morgan fingerprint density at radius 1 is 1.26 bits per heavy atom. The Kier molecular flexibility index (Phi) is 7.37. The summed E-state index contributed by atoms with van der Waals surface area (Å²) in [5.41, 5.74) is 2.22. The van der Waals surface area contributed by atoms with E-state index in [1.54, 1.807) is 24.3 Å². The lowest BCUT2D eigenvalue weighted by atomic mass is 10.1. The molecule has 0 radical (unpaired) electrons. The molecule has 0 unspecified atom stereocenters. The van der Waals surface area contributed by atoms with Gasteiger partial charge in [-0.25, -0.2) is 4.79 Å². The van der Waals surface area contributed by atoms with Crippen molar-refractivity contribution < 1.29 is 19.1 Å². The first-order valence-electron chi connectivity index (χ1n) is 7.92. The van der Waals surface area contributed by atoms with E-state index in [0.717, 1.165) is 9.13 Å². The number of rotatable bonds is 6. The summed E-state index contributed by atoms with van der Waals surface area (Å²) in [6.07, 6.45) is 1.50. The lowest BCUT2D eigenvalue weighted by Gasteiger charge is -2.09. The van der Waals surface area contributed by atoms with Crippen molar-refractivity contribution in [3.8, 4) is 11.8 Å². The number of nitrogens with zero attached hydrogens (tertiary/aromatic N) is 1. The third kappa shape index (κ3) is 5.82. The van der Waals surface area contributed by atoms with Gasteiger partial charge in [-0.2, -0.15) is 5.26 Å². The van der Waals surface area contributed by atoms with E-state index in [4.69, 9.17) is 4.74 Å². The third-order valence-electron chi connectivity index (χ3n) is 3.60. The van der Waals surface area contributed by atoms with Crippen LogP contribution in [0.2, 0.25) is 0 Å². The van der Waals surface area contributed by atoms with E-state index in [0.29, 0.717) is 17.0 Å². The number of anilines is 1. The first-order chi connectivity index (χ1) is 12.9. The van der Waals surface area contributed by atoms with Crippen LogP contribution >= 0.6 is 22.6 Å². The van der Waals surface area contributed by atoms with Crippen molar-refractivity contribution >= 4 is 46.2 Å². The molecule has 1 amide bonds. The van der Waals surface area contributed by atoms with Crippen molar-refractivity contribution in [2.75, 3.05) is 19.0 Å². The SMILES string of the molecule is COC(=O)COc1ccc(/C=C(/C#N)C(=O)Nc2ccccc2C)cc1I. The van der Waals surface area contributed by atoms with Crippen LogP contribution in [0.1, 0.15) is 11.1 Å². The molecular weight excluding hydrogens is 459 g/mol. The molecular formula is C20H17IN2O4. The summed E-state index contributed by atoms with van der Waals surface area (Å²) < 4.78 is 10.6. The van der Waals surface area contributed by atoms with E-state index in [-0.39, 0.29) is 12.2 Å². The molecule has 6 nitrogen and oxygen atoms in total. The number of methoxy groups -OCH3 is 1. The number of hydrogen-bond donors (Lipinski definition) is 1. The Hall–Kier alpha value is -2.86. The predicted molar refractivity (Wildman–Crippen MR) is 110 cm³/mol. The van der Waals surface area contributed by atoms with Gasteiger partial charge in [0.2, 0.25) is 0 Å². The van der Waals surface area contributed by atoms with Gasteiger partial charge < -0.3 is 14.8 Å². The Balaban J connectivity index is 2.16. The molecule has 138 valence electrons. The van der Waals surface area contributed by atoms with Gasteiger partial charge in [-0.15, -0.1) is 0 Å². The fourth-order valence-corrected chi connectivity index (χ4v) is 2.83. The molecule has 0 saturated heterocycles. The van der Waals surface area contributed by atoms with Crippen LogP contribution < -0.4 is 10.1 Å². The normalized spacial score (nSPS) is 10.7. The molecule has 27 heavy (non-hydrogen) atoms. The maximum absolute atomic E-state index is 12.4. The van der Waals surface area contributed by atoms with E-state index in [1.807, 2.05) is 31.2 Å². The molecule has 2 aromatic rings. The molecule has 0 aliphatic heterocycles. The molecule has 0 spiro atoms. The fraction of sp³-hybridized carbons (Fsp3) is 0.150. The number of nitrogens with one attached hydrogen (secondary N) is 1. The van der Waals surface area contributed by atoms with Gasteiger partial charge in [-0.05, 0) is 64.9 Å². The Bertz CT molecular complexity index is 932. The highest BCUT2D eigenvalue weighted by Gasteiger charge is 2.12. The quantitative estimate of drug-likeness (QED) is 0.298. The van der Waals surface area contributed by atoms with Gasteiger partial charge in [0.05, 0.1) is 10.7 Å². The van der Waals surface area contributed by atoms with Gasteiger partial charge in [-0.1, -0.05) is 24.3 Å². The summed E-state index contributed by atoms with van der Waals surface area (Å²) in [7, 11) is 1.29. The van der Waals surface area contributed by atoms with Crippen LogP contribution in [0.25, 0.3) is 6.08 Å². The van der Waals surface area contributed by atoms with Crippen LogP contribution in [0.4, 0.5) is 5.69 Å². The minimum atomic E-state index is -0.479. The summed E-state index contributed by atoms with van der Waals surface area (Å²) >= 11 is 2.05. The highest BCUT2D eigenvalue weighted by Crippen LogP contribution is 2.24. The first kappa shape index (κ1) is 20.5. The Labute approximate surface area is 170 Å². The second kappa shape index (κ2) is 9.73. The standard InChI is InChI=1S/C20H17IN2O4/c1-13-5-3-4-6-17(13)23-20(25)15(11-22)9-14-7-8-18(16(21)10-14)27-12-19(24)26-2/h3-10H,12H2,1-2H3,(H,23,25)/b15-9-. The second-order valence-electron chi connectivity index (χ2n) is 5.49. The smallest absolute Gasteiger partial charge is 0.343 e. The van der Waals surface area contributed by atoms with Crippen molar-refractivity contribution in [1.82, 2.24) is 0 Å². The van der Waals surface area contributed by atoms with Gasteiger partial charge in [-0.3, -0.25) is 4.79 Å². The molecule has 0 aliphatic carbocycles. The zero-order valence-corrected chi connectivity index (χ0v) is 16.9. The number of aryl methyl sites for hydroxylation is 1. The molecule has 0 heterocycles. The number of carbonyl (C=O) groups is 2. The number of halogens is 1. The van der Waals surface area contributed by atoms with Crippen LogP contribution in [0, 0.1) is 21.8 Å². The van der Waals surface area contributed by atoms with E-state index in [1.165, 1.54) is 13.2 Å². The zero-order valence-electron chi connectivity index (χ0n) is 14.8. The molecule has 0 fully saturated rings. The molecule has 2 aromatic carbocycles. The first-order valence-corrected chi connectivity index (χ1v) is 9.00. The van der Waals surface area contributed by atoms with Crippen molar-refractivity contribution in [1.29, 1.82) is 5.26 Å². The van der Waals surface area contributed by atoms with Gasteiger partial charge in [0, 0.05) is 5.69 Å². The van der Waals surface area contributed by atoms with Crippen LogP contribution in [0.15, 0.2) is 48.0 Å². The van der Waals surface area contributed by atoms with Crippen LogP contribution in [-0.4, -0.2) is 25.6 Å². The minimum Gasteiger partial charge on any atom is -0.481 e. The zero-order chi connectivity index (χ0) is 19.8. The lowest BCUT2D eigenvalue weighted by Crippen LogP contribution is -2.14. The van der Waals surface area contributed by atoms with Gasteiger partial charge >= 0.3 is 5.97 Å². The number of carbonyl (C=O) groups excluding carboxylic acids is 2. The molecule has 0 atom stereocenters. The number of hydrogen-bond acceptors (Lipinski definition) is 5. The average Bonchev–Trinajstić information content (AvgIpc) is 2.66. The molecule has 0 bridgehead atoms. The third-order valence-corrected chi connectivity index (χ3v) is 4.44. The van der Waals surface area contributed by atoms with E-state index in [9.17, 15) is 14.9 Å². The Morgan fingerprint density at radius 3 is 2.63 bits per heavy atom. The van der Waals surface area contributed by atoms with Gasteiger partial charge in [0.1, 0.15) is 17.4 Å². The van der Waals surface area contributed by atoms with E-state index < -0.39 is 11.9 Å². The van der Waals surface area contributed by atoms with Gasteiger partial charge in [0.25, 0.3) is 5.91 Å². The summed E-state index contributed by atoms with van der Waals surface area (Å²) in [5, 5.41) is 12.1. The lowest BCUT2D eigenvalue weighted by molar-refractivity contribution is -0.142. The van der Waals surface area contributed by atoms with Crippen molar-refractivity contribution in [2.45, 2.75) is 6.92 Å². The second-order valence-corrected chi connectivity index (χ2v) is 6.66. The molecule has 0 saturated carbocycles. The van der Waals surface area contributed by atoms with Crippen molar-refractivity contribution in [3.63, 3.8) is 0 Å². The van der Waals surface area contributed by atoms with E-state index in [2.05, 4.69) is 32.6 Å². The molecule has 0 aliphatic rings. The average molecular weight is 476 g/mol. The Morgan fingerprint density at radius 2 is 2.00 bits per heavy atom. The molecule has 7 heteroatoms. The molecule has 1 N–H and O–H groups in total. The van der Waals surface area contributed by atoms with Crippen molar-refractivity contribution in [2.24, 2.45) is 0 Å². The molecule has 2 rings (SSSR count). The molecule has 0 aromatic heterocycles. The van der Waals surface area contributed by atoms with Crippen LogP contribution in [-0.2, 0) is 14.3 Å². The number of amides is 1. The summed E-state index contributed by atoms with van der Waals surface area (Å²) in [6.45, 7) is 1.69. The van der Waals surface area contributed by atoms with E-state index >= 15 is 0 Å². The number of para-hydroxylation sites is 1. The monoisotopic (exact) mass is 476 g/mol. The highest BCUT2D eigenvalue weighted by molar-refractivity contribution is 14.1. The summed E-state index contributed by atoms with van der Waals surface area (Å²) in [5.74, 6) is -0.441.